The molecule has 1 aliphatic carbocycles. The number of nitrogens with zero attached hydrogens (tertiary/aromatic N) is 2. The summed E-state index contributed by atoms with van der Waals surface area (Å²) in [5.41, 5.74) is 2.96. The van der Waals surface area contributed by atoms with E-state index in [1.807, 2.05) is 37.3 Å². The number of aryl methyl sites for hydroxylation is 1. The lowest BCUT2D eigenvalue weighted by Crippen LogP contribution is -1.92. The molecule has 1 saturated carbocycles. The van der Waals surface area contributed by atoms with Crippen LogP contribution in [0.25, 0.3) is 0 Å². The number of aromatic nitrogens is 1. The number of ether oxygens (including phenoxy) is 1. The number of rotatable bonds is 3. The molecule has 3 nitrogen and oxygen atoms in total. The molecule has 1 fully saturated rings. The van der Waals surface area contributed by atoms with Gasteiger partial charge in [-0.15, -0.1) is 0 Å². The summed E-state index contributed by atoms with van der Waals surface area (Å²) in [6.07, 6.45) is 4.11. The van der Waals surface area contributed by atoms with Crippen molar-refractivity contribution in [3.63, 3.8) is 0 Å². The van der Waals surface area contributed by atoms with E-state index in [9.17, 15) is 0 Å². The van der Waals surface area contributed by atoms with Crippen molar-refractivity contribution in [1.82, 2.24) is 4.98 Å². The van der Waals surface area contributed by atoms with Crippen LogP contribution in [0.4, 0.5) is 0 Å². The Morgan fingerprint density at radius 2 is 2.11 bits per heavy atom. The van der Waals surface area contributed by atoms with E-state index >= 15 is 0 Å². The lowest BCUT2D eigenvalue weighted by Gasteiger charge is -2.08. The third kappa shape index (κ3) is 2.58. The van der Waals surface area contributed by atoms with Crippen LogP contribution in [0, 0.1) is 18.3 Å². The number of pyridine rings is 1. The molecule has 1 aliphatic rings. The Balaban J connectivity index is 1.87. The number of hydrogen-bond acceptors (Lipinski definition) is 3. The van der Waals surface area contributed by atoms with Gasteiger partial charge < -0.3 is 4.74 Å². The second-order valence-corrected chi connectivity index (χ2v) is 4.91. The Kier molecular flexibility index (Phi) is 2.92. The van der Waals surface area contributed by atoms with Crippen LogP contribution in [0.1, 0.15) is 35.4 Å². The average molecular weight is 250 g/mol. The van der Waals surface area contributed by atoms with Crippen LogP contribution in [0.5, 0.6) is 11.6 Å². The predicted octanol–water partition coefficient (Wildman–Crippen LogP) is 3.93. The van der Waals surface area contributed by atoms with E-state index in [1.54, 1.807) is 6.20 Å². The van der Waals surface area contributed by atoms with Gasteiger partial charge in [0.2, 0.25) is 5.88 Å². The topological polar surface area (TPSA) is 45.9 Å². The Hall–Kier alpha value is -2.34. The maximum atomic E-state index is 9.10. The zero-order chi connectivity index (χ0) is 13.2. The molecule has 94 valence electrons. The van der Waals surface area contributed by atoms with Crippen molar-refractivity contribution in [1.29, 1.82) is 5.26 Å². The van der Waals surface area contributed by atoms with Crippen molar-refractivity contribution in [2.75, 3.05) is 0 Å². The smallest absolute Gasteiger partial charge is 0.219 e. The molecule has 3 heteroatoms. The Morgan fingerprint density at radius 3 is 2.74 bits per heavy atom. The molecule has 0 radical (unpaired) electrons. The number of hydrogen-bond donors (Lipinski definition) is 0. The van der Waals surface area contributed by atoms with E-state index in [2.05, 4.69) is 11.1 Å². The van der Waals surface area contributed by atoms with Crippen molar-refractivity contribution < 1.29 is 4.74 Å². The van der Waals surface area contributed by atoms with Crippen LogP contribution in [0.3, 0.4) is 0 Å². The molecule has 0 amide bonds. The van der Waals surface area contributed by atoms with Gasteiger partial charge in [-0.3, -0.25) is 0 Å². The van der Waals surface area contributed by atoms with Gasteiger partial charge in [0.25, 0.3) is 0 Å². The van der Waals surface area contributed by atoms with E-state index in [1.165, 1.54) is 12.8 Å². The summed E-state index contributed by atoms with van der Waals surface area (Å²) in [7, 11) is 0. The minimum atomic E-state index is 0.532. The summed E-state index contributed by atoms with van der Waals surface area (Å²) >= 11 is 0. The van der Waals surface area contributed by atoms with Crippen LogP contribution >= 0.6 is 0 Å². The molecule has 0 N–H and O–H groups in total. The highest BCUT2D eigenvalue weighted by molar-refractivity contribution is 5.46. The molecule has 1 aromatic carbocycles. The number of nitriles is 1. The van der Waals surface area contributed by atoms with Crippen LogP contribution in [0.15, 0.2) is 36.5 Å². The summed E-state index contributed by atoms with van der Waals surface area (Å²) in [4.78, 5) is 4.22. The summed E-state index contributed by atoms with van der Waals surface area (Å²) in [5, 5.41) is 9.10. The summed E-state index contributed by atoms with van der Waals surface area (Å²) in [6, 6.07) is 11.7. The van der Waals surface area contributed by atoms with Gasteiger partial charge in [0.15, 0.2) is 0 Å². The fraction of sp³-hybridized carbons (Fsp3) is 0.250. The maximum Gasteiger partial charge on any atom is 0.219 e. The predicted molar refractivity (Wildman–Crippen MR) is 72.2 cm³/mol. The highest BCUT2D eigenvalue weighted by Gasteiger charge is 2.26. The van der Waals surface area contributed by atoms with Crippen LogP contribution in [-0.2, 0) is 0 Å². The second kappa shape index (κ2) is 4.74. The summed E-state index contributed by atoms with van der Waals surface area (Å²) in [5.74, 6) is 1.86. The fourth-order valence-electron chi connectivity index (χ4n) is 2.07. The Bertz CT molecular complexity index is 637. The van der Waals surface area contributed by atoms with Gasteiger partial charge in [0, 0.05) is 12.3 Å². The Morgan fingerprint density at radius 1 is 1.26 bits per heavy atom. The maximum absolute atomic E-state index is 9.10. The zero-order valence-corrected chi connectivity index (χ0v) is 10.8. The van der Waals surface area contributed by atoms with E-state index in [0.29, 0.717) is 11.8 Å². The highest BCUT2D eigenvalue weighted by Crippen LogP contribution is 2.43. The molecule has 0 atom stereocenters. The van der Waals surface area contributed by atoms with Crippen LogP contribution in [-0.4, -0.2) is 4.98 Å². The number of benzene rings is 1. The fourth-order valence-corrected chi connectivity index (χ4v) is 2.07. The van der Waals surface area contributed by atoms with E-state index in [-0.39, 0.29) is 0 Å². The second-order valence-electron chi connectivity index (χ2n) is 4.91. The third-order valence-electron chi connectivity index (χ3n) is 3.27. The first kappa shape index (κ1) is 11.7. The molecule has 3 rings (SSSR count). The quantitative estimate of drug-likeness (QED) is 0.829. The normalized spacial score (nSPS) is 13.9. The van der Waals surface area contributed by atoms with Gasteiger partial charge in [0.1, 0.15) is 5.75 Å². The van der Waals surface area contributed by atoms with Crippen LogP contribution in [0.2, 0.25) is 0 Å². The van der Waals surface area contributed by atoms with Crippen molar-refractivity contribution in [3.05, 3.63) is 53.2 Å². The summed E-state index contributed by atoms with van der Waals surface area (Å²) < 4.78 is 5.73. The lowest BCUT2D eigenvalue weighted by atomic mass is 10.0. The SMILES string of the molecule is Cc1ccc(Oc2ccc(C#N)c(C3CC3)c2)nc1. The monoisotopic (exact) mass is 250 g/mol. The van der Waals surface area contributed by atoms with Gasteiger partial charge in [-0.1, -0.05) is 6.07 Å². The average Bonchev–Trinajstić information content (AvgIpc) is 3.26. The third-order valence-corrected chi connectivity index (χ3v) is 3.27. The first-order valence-electron chi connectivity index (χ1n) is 6.41. The first-order valence-corrected chi connectivity index (χ1v) is 6.41. The van der Waals surface area contributed by atoms with Crippen molar-refractivity contribution in [2.45, 2.75) is 25.7 Å². The summed E-state index contributed by atoms with van der Waals surface area (Å²) in [6.45, 7) is 1.99. The van der Waals surface area contributed by atoms with Crippen molar-refractivity contribution in [2.24, 2.45) is 0 Å². The molecule has 0 bridgehead atoms. The standard InChI is InChI=1S/C16H14N2O/c1-11-2-7-16(18-10-11)19-14-6-5-13(9-17)15(8-14)12-3-4-12/h2,5-8,10,12H,3-4H2,1H3. The molecule has 0 spiro atoms. The van der Waals surface area contributed by atoms with Gasteiger partial charge in [-0.05, 0) is 55.0 Å². The van der Waals surface area contributed by atoms with Crippen molar-refractivity contribution >= 4 is 0 Å². The minimum absolute atomic E-state index is 0.532. The molecule has 19 heavy (non-hydrogen) atoms. The van der Waals surface area contributed by atoms with Crippen LogP contribution < -0.4 is 4.74 Å². The molecule has 0 aliphatic heterocycles. The molecular formula is C16H14N2O. The highest BCUT2D eigenvalue weighted by atomic mass is 16.5. The van der Waals surface area contributed by atoms with E-state index in [4.69, 9.17) is 10.00 Å². The van der Waals surface area contributed by atoms with Crippen molar-refractivity contribution in [3.8, 4) is 17.7 Å². The molecule has 2 aromatic rings. The van der Waals surface area contributed by atoms with Gasteiger partial charge in [0.05, 0.1) is 11.6 Å². The largest absolute Gasteiger partial charge is 0.439 e. The van der Waals surface area contributed by atoms with E-state index in [0.717, 1.165) is 22.4 Å². The molecule has 0 saturated heterocycles. The molecule has 1 aromatic heterocycles. The zero-order valence-electron chi connectivity index (χ0n) is 10.8. The first-order chi connectivity index (χ1) is 9.26. The minimum Gasteiger partial charge on any atom is -0.439 e. The lowest BCUT2D eigenvalue weighted by molar-refractivity contribution is 0.462. The van der Waals surface area contributed by atoms with Gasteiger partial charge in [-0.2, -0.15) is 5.26 Å². The molecule has 0 unspecified atom stereocenters. The molecular weight excluding hydrogens is 236 g/mol. The van der Waals surface area contributed by atoms with Gasteiger partial charge >= 0.3 is 0 Å². The van der Waals surface area contributed by atoms with E-state index < -0.39 is 0 Å². The Labute approximate surface area is 112 Å². The molecule has 1 heterocycles. The van der Waals surface area contributed by atoms with Gasteiger partial charge in [-0.25, -0.2) is 4.98 Å².